The van der Waals surface area contributed by atoms with Crippen molar-refractivity contribution in [2.75, 3.05) is 7.05 Å². The fourth-order valence-electron chi connectivity index (χ4n) is 4.99. The molecule has 3 heterocycles. The number of allylic oxidation sites excluding steroid dienone is 2. The van der Waals surface area contributed by atoms with Crippen LogP contribution in [0.3, 0.4) is 0 Å². The second-order valence-corrected chi connectivity index (χ2v) is 8.94. The van der Waals surface area contributed by atoms with E-state index in [0.717, 1.165) is 11.4 Å². The topological polar surface area (TPSA) is 77.5 Å². The minimum atomic E-state index is -0.152. The number of benzene rings is 1. The van der Waals surface area contributed by atoms with Crippen LogP contribution in [0.5, 0.6) is 0 Å². The minimum absolute atomic E-state index is 0.0305. The van der Waals surface area contributed by atoms with E-state index in [1.165, 1.54) is 22.0 Å². The normalized spacial score (nSPS) is 27.2. The standard InChI is InChI=1S/C22H21ClN6O2/c1-27-10-24-20-19(27)22(30)29(11-25-20)9-17-26-21(28(2)31-17)18-15-7-13(8-16(15)18)12-3-5-14(23)6-4-12/h3-7,10-11,15-16,18,21H,8-9H2,1-2H3/t15-,16+,18+,21?/m1/s1. The second kappa shape index (κ2) is 6.77. The molecule has 1 aliphatic heterocycles. The number of rotatable bonds is 4. The Morgan fingerprint density at radius 1 is 1.16 bits per heavy atom. The summed E-state index contributed by atoms with van der Waals surface area (Å²) in [6, 6.07) is 8.04. The summed E-state index contributed by atoms with van der Waals surface area (Å²) in [4.78, 5) is 31.9. The van der Waals surface area contributed by atoms with E-state index in [1.807, 2.05) is 24.2 Å². The second-order valence-electron chi connectivity index (χ2n) is 8.50. The van der Waals surface area contributed by atoms with Crippen molar-refractivity contribution in [1.82, 2.24) is 24.2 Å². The highest BCUT2D eigenvalue weighted by Gasteiger charge is 2.58. The summed E-state index contributed by atoms with van der Waals surface area (Å²) >= 11 is 6.01. The molecule has 1 saturated carbocycles. The van der Waals surface area contributed by atoms with Gasteiger partial charge in [0.25, 0.3) is 5.56 Å². The Kier molecular flexibility index (Phi) is 4.10. The third-order valence-electron chi connectivity index (χ3n) is 6.61. The monoisotopic (exact) mass is 436 g/mol. The summed E-state index contributed by atoms with van der Waals surface area (Å²) in [5.74, 6) is 2.07. The molecule has 158 valence electrons. The lowest BCUT2D eigenvalue weighted by Crippen LogP contribution is -2.29. The molecular formula is C22H21ClN6O2. The zero-order valence-corrected chi connectivity index (χ0v) is 17.9. The van der Waals surface area contributed by atoms with E-state index in [1.54, 1.807) is 17.9 Å². The van der Waals surface area contributed by atoms with Gasteiger partial charge < -0.3 is 9.40 Å². The van der Waals surface area contributed by atoms with Crippen molar-refractivity contribution in [3.63, 3.8) is 0 Å². The fraction of sp³-hybridized carbons (Fsp3) is 0.364. The number of imidazole rings is 1. The molecule has 0 N–H and O–H groups in total. The maximum absolute atomic E-state index is 12.8. The molecule has 0 bridgehead atoms. The van der Waals surface area contributed by atoms with Gasteiger partial charge in [-0.15, -0.1) is 5.06 Å². The average Bonchev–Trinajstić information content (AvgIpc) is 3.11. The van der Waals surface area contributed by atoms with Gasteiger partial charge in [-0.2, -0.15) is 0 Å². The molecule has 1 aromatic carbocycles. The van der Waals surface area contributed by atoms with Crippen LogP contribution < -0.4 is 5.56 Å². The number of halogens is 1. The van der Waals surface area contributed by atoms with Gasteiger partial charge in [-0.25, -0.2) is 15.0 Å². The Balaban J connectivity index is 1.20. The lowest BCUT2D eigenvalue weighted by atomic mass is 10.0. The molecule has 6 rings (SSSR count). The van der Waals surface area contributed by atoms with Crippen molar-refractivity contribution < 1.29 is 4.84 Å². The average molecular weight is 437 g/mol. The van der Waals surface area contributed by atoms with E-state index < -0.39 is 0 Å². The van der Waals surface area contributed by atoms with E-state index in [-0.39, 0.29) is 18.3 Å². The maximum atomic E-state index is 12.8. The Morgan fingerprint density at radius 2 is 1.94 bits per heavy atom. The van der Waals surface area contributed by atoms with Crippen LogP contribution in [0.25, 0.3) is 16.7 Å². The minimum Gasteiger partial charge on any atom is -0.387 e. The maximum Gasteiger partial charge on any atom is 0.280 e. The molecule has 31 heavy (non-hydrogen) atoms. The Labute approximate surface area is 183 Å². The van der Waals surface area contributed by atoms with Gasteiger partial charge in [0.15, 0.2) is 11.2 Å². The van der Waals surface area contributed by atoms with E-state index in [0.29, 0.717) is 34.8 Å². The van der Waals surface area contributed by atoms with Crippen LogP contribution in [-0.2, 0) is 18.4 Å². The van der Waals surface area contributed by atoms with Gasteiger partial charge in [0.1, 0.15) is 19.0 Å². The molecule has 1 fully saturated rings. The van der Waals surface area contributed by atoms with Gasteiger partial charge in [-0.1, -0.05) is 29.8 Å². The zero-order valence-electron chi connectivity index (χ0n) is 17.1. The van der Waals surface area contributed by atoms with Gasteiger partial charge in [0, 0.05) is 25.0 Å². The molecule has 3 aromatic rings. The van der Waals surface area contributed by atoms with Crippen molar-refractivity contribution in [2.24, 2.45) is 29.8 Å². The highest BCUT2D eigenvalue weighted by molar-refractivity contribution is 6.30. The molecular weight excluding hydrogens is 416 g/mol. The molecule has 2 aliphatic carbocycles. The molecule has 9 heteroatoms. The van der Waals surface area contributed by atoms with Crippen molar-refractivity contribution >= 4 is 34.2 Å². The van der Waals surface area contributed by atoms with Gasteiger partial charge in [0.2, 0.25) is 5.90 Å². The lowest BCUT2D eigenvalue weighted by molar-refractivity contribution is -0.0671. The SMILES string of the molecule is CN1OC(Cn2cnc3ncn(C)c3c2=O)=NC1[C@H]1[C@@H]2C=C(c3ccc(Cl)cc3)C[C@@H]21. The third kappa shape index (κ3) is 3.01. The Morgan fingerprint density at radius 3 is 2.68 bits per heavy atom. The third-order valence-corrected chi connectivity index (χ3v) is 6.86. The highest BCUT2D eigenvalue weighted by atomic mass is 35.5. The summed E-state index contributed by atoms with van der Waals surface area (Å²) in [7, 11) is 3.69. The lowest BCUT2D eigenvalue weighted by Gasteiger charge is -2.17. The first-order valence-corrected chi connectivity index (χ1v) is 10.7. The molecule has 4 atom stereocenters. The summed E-state index contributed by atoms with van der Waals surface area (Å²) in [5.41, 5.74) is 3.40. The van der Waals surface area contributed by atoms with Crippen LogP contribution in [0.15, 0.2) is 52.8 Å². The molecule has 2 aromatic heterocycles. The molecule has 0 amide bonds. The van der Waals surface area contributed by atoms with Crippen LogP contribution in [0, 0.1) is 17.8 Å². The van der Waals surface area contributed by atoms with Gasteiger partial charge >= 0.3 is 0 Å². The number of aromatic nitrogens is 4. The number of hydroxylamine groups is 2. The van der Waals surface area contributed by atoms with Gasteiger partial charge in [-0.3, -0.25) is 9.36 Å². The van der Waals surface area contributed by atoms with Gasteiger partial charge in [-0.05, 0) is 41.5 Å². The molecule has 3 aliphatic rings. The predicted molar refractivity (Wildman–Crippen MR) is 117 cm³/mol. The predicted octanol–water partition coefficient (Wildman–Crippen LogP) is 2.73. The Hall–Kier alpha value is -2.97. The van der Waals surface area contributed by atoms with Crippen LogP contribution in [0.4, 0.5) is 0 Å². The summed E-state index contributed by atoms with van der Waals surface area (Å²) in [5, 5.41) is 2.57. The summed E-state index contributed by atoms with van der Waals surface area (Å²) in [6.45, 7) is 0.252. The molecule has 0 spiro atoms. The van der Waals surface area contributed by atoms with Crippen LogP contribution >= 0.6 is 11.6 Å². The molecule has 8 nitrogen and oxygen atoms in total. The van der Waals surface area contributed by atoms with E-state index >= 15 is 0 Å². The number of aryl methyl sites for hydroxylation is 1. The first-order valence-electron chi connectivity index (χ1n) is 10.3. The van der Waals surface area contributed by atoms with Crippen molar-refractivity contribution in [3.05, 3.63) is 63.9 Å². The fourth-order valence-corrected chi connectivity index (χ4v) is 5.11. The number of aliphatic imine (C=N–C) groups is 1. The largest absolute Gasteiger partial charge is 0.387 e. The smallest absolute Gasteiger partial charge is 0.280 e. The van der Waals surface area contributed by atoms with Crippen LogP contribution in [0.2, 0.25) is 5.02 Å². The number of hydrogen-bond acceptors (Lipinski definition) is 6. The zero-order chi connectivity index (χ0) is 21.3. The summed E-state index contributed by atoms with van der Waals surface area (Å²) < 4.78 is 3.20. The first-order chi connectivity index (χ1) is 15.0. The van der Waals surface area contributed by atoms with Crippen molar-refractivity contribution in [3.8, 4) is 0 Å². The number of fused-ring (bicyclic) bond motifs is 2. The van der Waals surface area contributed by atoms with Crippen molar-refractivity contribution in [1.29, 1.82) is 0 Å². The van der Waals surface area contributed by atoms with E-state index in [9.17, 15) is 4.79 Å². The van der Waals surface area contributed by atoms with Crippen LogP contribution in [0.1, 0.15) is 12.0 Å². The number of nitrogens with zero attached hydrogens (tertiary/aromatic N) is 6. The van der Waals surface area contributed by atoms with E-state index in [4.69, 9.17) is 21.4 Å². The number of hydrogen-bond donors (Lipinski definition) is 0. The first kappa shape index (κ1) is 18.8. The summed E-state index contributed by atoms with van der Waals surface area (Å²) in [6.07, 6.45) is 6.49. The molecule has 1 unspecified atom stereocenters. The van der Waals surface area contributed by atoms with E-state index in [2.05, 4.69) is 28.2 Å². The highest BCUT2D eigenvalue weighted by Crippen LogP contribution is 2.60. The molecule has 0 radical (unpaired) electrons. The van der Waals surface area contributed by atoms with Crippen molar-refractivity contribution in [2.45, 2.75) is 19.1 Å². The van der Waals surface area contributed by atoms with Crippen LogP contribution in [-0.4, -0.2) is 43.3 Å². The molecule has 0 saturated heterocycles. The Bertz CT molecular complexity index is 1310. The van der Waals surface area contributed by atoms with Gasteiger partial charge in [0.05, 0.1) is 6.33 Å². The quantitative estimate of drug-likeness (QED) is 0.628.